The van der Waals surface area contributed by atoms with E-state index in [2.05, 4.69) is 35.4 Å². The summed E-state index contributed by atoms with van der Waals surface area (Å²) < 4.78 is 0. The van der Waals surface area contributed by atoms with Crippen LogP contribution in [0.25, 0.3) is 10.9 Å². The summed E-state index contributed by atoms with van der Waals surface area (Å²) in [7, 11) is 0. The second kappa shape index (κ2) is 3.98. The molecule has 1 unspecified atom stereocenters. The van der Waals surface area contributed by atoms with Crippen LogP contribution in [0.3, 0.4) is 0 Å². The van der Waals surface area contributed by atoms with Gasteiger partial charge in [0.2, 0.25) is 0 Å². The van der Waals surface area contributed by atoms with E-state index in [1.165, 1.54) is 22.4 Å². The van der Waals surface area contributed by atoms with Crippen molar-refractivity contribution in [3.8, 4) is 0 Å². The van der Waals surface area contributed by atoms with E-state index in [1.54, 1.807) is 0 Å². The number of fused-ring (bicyclic) bond motifs is 3. The second-order valence-corrected chi connectivity index (χ2v) is 5.36. The van der Waals surface area contributed by atoms with Crippen molar-refractivity contribution in [2.45, 2.75) is 23.5 Å². The summed E-state index contributed by atoms with van der Waals surface area (Å²) in [5.41, 5.74) is 2.28. The Morgan fingerprint density at radius 2 is 2.31 bits per heavy atom. The number of thioether (sulfide) groups is 1. The minimum absolute atomic E-state index is 0.679. The maximum Gasteiger partial charge on any atom is 0.0714 e. The van der Waals surface area contributed by atoms with Gasteiger partial charge in [0.1, 0.15) is 0 Å². The van der Waals surface area contributed by atoms with E-state index in [-0.39, 0.29) is 0 Å². The average Bonchev–Trinajstić information content (AvgIpc) is 2.38. The van der Waals surface area contributed by atoms with Crippen molar-refractivity contribution >= 4 is 28.4 Å². The van der Waals surface area contributed by atoms with Crippen LogP contribution in [-0.2, 0) is 0 Å². The van der Waals surface area contributed by atoms with Gasteiger partial charge in [-0.25, -0.2) is 0 Å². The summed E-state index contributed by atoms with van der Waals surface area (Å²) in [5, 5.41) is 5.43. The Kier molecular flexibility index (Phi) is 2.48. The van der Waals surface area contributed by atoms with Crippen LogP contribution in [0.4, 0.5) is 5.69 Å². The largest absolute Gasteiger partial charge is 0.382 e. The molecule has 0 fully saturated rings. The van der Waals surface area contributed by atoms with Crippen molar-refractivity contribution in [1.82, 2.24) is 4.98 Å². The van der Waals surface area contributed by atoms with E-state index in [0.29, 0.717) is 5.25 Å². The van der Waals surface area contributed by atoms with Crippen LogP contribution in [0.2, 0.25) is 0 Å². The number of aromatic nitrogens is 1. The molecule has 1 aliphatic rings. The predicted molar refractivity (Wildman–Crippen MR) is 70.2 cm³/mol. The highest BCUT2D eigenvalue weighted by molar-refractivity contribution is 8.00. The number of nitrogens with one attached hydrogen (secondary N) is 1. The van der Waals surface area contributed by atoms with Gasteiger partial charge in [-0.1, -0.05) is 25.1 Å². The molecule has 0 bridgehead atoms. The molecule has 1 aromatic heterocycles. The van der Waals surface area contributed by atoms with Crippen LogP contribution in [0.1, 0.15) is 13.3 Å². The third-order valence-corrected chi connectivity index (χ3v) is 4.49. The molecule has 0 saturated heterocycles. The minimum atomic E-state index is 0.679. The van der Waals surface area contributed by atoms with Gasteiger partial charge in [0.25, 0.3) is 0 Å². The Labute approximate surface area is 99.5 Å². The lowest BCUT2D eigenvalue weighted by Crippen LogP contribution is -2.20. The van der Waals surface area contributed by atoms with Gasteiger partial charge in [0, 0.05) is 22.1 Å². The first-order chi connectivity index (χ1) is 7.88. The molecule has 0 aliphatic carbocycles. The van der Waals surface area contributed by atoms with Gasteiger partial charge in [-0.15, -0.1) is 11.8 Å². The highest BCUT2D eigenvalue weighted by Gasteiger charge is 2.19. The Bertz CT molecular complexity index is 524. The number of hydrogen-bond donors (Lipinski definition) is 1. The summed E-state index contributed by atoms with van der Waals surface area (Å²) in [4.78, 5) is 5.83. The molecule has 3 heteroatoms. The number of benzene rings is 1. The van der Waals surface area contributed by atoms with Gasteiger partial charge in [0.05, 0.1) is 17.4 Å². The zero-order valence-electron chi connectivity index (χ0n) is 9.23. The van der Waals surface area contributed by atoms with E-state index in [1.807, 2.05) is 24.0 Å². The van der Waals surface area contributed by atoms with Crippen LogP contribution in [-0.4, -0.2) is 16.8 Å². The summed E-state index contributed by atoms with van der Waals surface area (Å²) >= 11 is 1.98. The molecule has 1 atom stereocenters. The third-order valence-electron chi connectivity index (χ3n) is 2.99. The van der Waals surface area contributed by atoms with Gasteiger partial charge in [-0.3, -0.25) is 4.98 Å². The van der Waals surface area contributed by atoms with Crippen LogP contribution < -0.4 is 5.32 Å². The number of para-hydroxylation sites is 1. The highest BCUT2D eigenvalue weighted by Crippen LogP contribution is 2.40. The maximum absolute atomic E-state index is 4.47. The van der Waals surface area contributed by atoms with Crippen molar-refractivity contribution in [3.63, 3.8) is 0 Å². The quantitative estimate of drug-likeness (QED) is 0.811. The van der Waals surface area contributed by atoms with E-state index in [9.17, 15) is 0 Å². The van der Waals surface area contributed by atoms with Crippen molar-refractivity contribution in [2.75, 3.05) is 11.9 Å². The molecule has 82 valence electrons. The summed E-state index contributed by atoms with van der Waals surface area (Å²) in [6.45, 7) is 3.29. The molecule has 0 amide bonds. The van der Waals surface area contributed by atoms with Crippen LogP contribution in [0, 0.1) is 0 Å². The first-order valence-corrected chi connectivity index (χ1v) is 6.54. The summed E-state index contributed by atoms with van der Waals surface area (Å²) in [6, 6.07) is 8.36. The maximum atomic E-state index is 4.47. The van der Waals surface area contributed by atoms with Crippen molar-refractivity contribution in [3.05, 3.63) is 30.5 Å². The molecular formula is C13H14N2S. The van der Waals surface area contributed by atoms with Gasteiger partial charge < -0.3 is 5.32 Å². The molecule has 2 nitrogen and oxygen atoms in total. The van der Waals surface area contributed by atoms with Crippen LogP contribution in [0.5, 0.6) is 0 Å². The molecule has 0 spiro atoms. The van der Waals surface area contributed by atoms with E-state index < -0.39 is 0 Å². The molecule has 2 heterocycles. The number of hydrogen-bond acceptors (Lipinski definition) is 3. The minimum Gasteiger partial charge on any atom is -0.382 e. The fraction of sp³-hybridized carbons (Fsp3) is 0.308. The highest BCUT2D eigenvalue weighted by atomic mass is 32.2. The fourth-order valence-electron chi connectivity index (χ4n) is 2.03. The van der Waals surface area contributed by atoms with Crippen LogP contribution in [0.15, 0.2) is 35.4 Å². The molecule has 16 heavy (non-hydrogen) atoms. The SMILES string of the molecule is CCC1CNc2cnc3ccccc3c2S1. The van der Waals surface area contributed by atoms with Gasteiger partial charge in [-0.05, 0) is 12.5 Å². The van der Waals surface area contributed by atoms with Crippen molar-refractivity contribution in [2.24, 2.45) is 0 Å². The lowest BCUT2D eigenvalue weighted by atomic mass is 10.2. The number of rotatable bonds is 1. The molecule has 0 radical (unpaired) electrons. The Hall–Kier alpha value is -1.22. The topological polar surface area (TPSA) is 24.9 Å². The van der Waals surface area contributed by atoms with E-state index in [0.717, 1.165) is 12.1 Å². The molecule has 3 rings (SSSR count). The van der Waals surface area contributed by atoms with Gasteiger partial charge >= 0.3 is 0 Å². The lowest BCUT2D eigenvalue weighted by molar-refractivity contribution is 0.843. The molecule has 1 aromatic carbocycles. The van der Waals surface area contributed by atoms with E-state index in [4.69, 9.17) is 0 Å². The van der Waals surface area contributed by atoms with E-state index >= 15 is 0 Å². The molecule has 1 aliphatic heterocycles. The molecule has 1 N–H and O–H groups in total. The Morgan fingerprint density at radius 1 is 1.44 bits per heavy atom. The first kappa shape index (κ1) is 9.97. The molecular weight excluding hydrogens is 216 g/mol. The monoisotopic (exact) mass is 230 g/mol. The number of pyridine rings is 1. The van der Waals surface area contributed by atoms with Crippen molar-refractivity contribution in [1.29, 1.82) is 0 Å². The number of anilines is 1. The predicted octanol–water partition coefficient (Wildman–Crippen LogP) is 3.53. The zero-order valence-corrected chi connectivity index (χ0v) is 10.1. The van der Waals surface area contributed by atoms with Gasteiger partial charge in [0.15, 0.2) is 0 Å². The zero-order chi connectivity index (χ0) is 11.0. The lowest BCUT2D eigenvalue weighted by Gasteiger charge is -2.25. The molecule has 0 saturated carbocycles. The number of nitrogens with zero attached hydrogens (tertiary/aromatic N) is 1. The fourth-order valence-corrected chi connectivity index (χ4v) is 3.25. The summed E-state index contributed by atoms with van der Waals surface area (Å²) in [6.07, 6.45) is 3.16. The average molecular weight is 230 g/mol. The Morgan fingerprint density at radius 3 is 3.19 bits per heavy atom. The first-order valence-electron chi connectivity index (χ1n) is 5.66. The van der Waals surface area contributed by atoms with Crippen LogP contribution >= 0.6 is 11.8 Å². The van der Waals surface area contributed by atoms with Crippen molar-refractivity contribution < 1.29 is 0 Å². The Balaban J connectivity index is 2.17. The standard InChI is InChI=1S/C13H14N2S/c1-2-9-7-14-12-8-15-11-6-4-3-5-10(11)13(12)16-9/h3-6,8-9,14H,2,7H2,1H3. The summed E-state index contributed by atoms with van der Waals surface area (Å²) in [5.74, 6) is 0. The third kappa shape index (κ3) is 1.55. The molecule has 2 aromatic rings. The van der Waals surface area contributed by atoms with Gasteiger partial charge in [-0.2, -0.15) is 0 Å². The smallest absolute Gasteiger partial charge is 0.0714 e. The normalized spacial score (nSPS) is 19.2. The second-order valence-electron chi connectivity index (χ2n) is 4.05.